The van der Waals surface area contributed by atoms with Crippen molar-refractivity contribution in [3.05, 3.63) is 96.6 Å². The maximum atomic E-state index is 13.9. The Morgan fingerprint density at radius 1 is 0.978 bits per heavy atom. The zero-order valence-electron chi connectivity index (χ0n) is 23.2. The number of carbonyl (C=O) groups is 4. The topological polar surface area (TPSA) is 115 Å². The quantitative estimate of drug-likeness (QED) is 0.201. The number of halogens is 3. The van der Waals surface area contributed by atoms with E-state index in [9.17, 15) is 37.1 Å². The fourth-order valence-electron chi connectivity index (χ4n) is 5.42. The molecule has 1 saturated heterocycles. The average molecular weight is 674 g/mol. The van der Waals surface area contributed by atoms with Crippen molar-refractivity contribution in [3.63, 3.8) is 0 Å². The van der Waals surface area contributed by atoms with Crippen molar-refractivity contribution < 1.29 is 37.1 Å². The summed E-state index contributed by atoms with van der Waals surface area (Å²) in [7, 11) is 0. The average Bonchev–Trinajstić information content (AvgIpc) is 3.70. The molecule has 4 aromatic rings. The van der Waals surface area contributed by atoms with Gasteiger partial charge in [-0.15, -0.1) is 11.3 Å². The number of ether oxygens (including phenoxy) is 1. The summed E-state index contributed by atoms with van der Waals surface area (Å²) in [6, 6.07) is 14.0. The summed E-state index contributed by atoms with van der Waals surface area (Å²) >= 11 is 3.18. The van der Waals surface area contributed by atoms with Crippen molar-refractivity contribution in [1.82, 2.24) is 4.57 Å². The number of aromatic nitrogens is 1. The van der Waals surface area contributed by atoms with Crippen LogP contribution in [0.1, 0.15) is 38.5 Å². The number of amides is 3. The Hall–Kier alpha value is -4.21. The van der Waals surface area contributed by atoms with E-state index >= 15 is 0 Å². The molecule has 15 heteroatoms. The van der Waals surface area contributed by atoms with Gasteiger partial charge in [0.25, 0.3) is 0 Å². The number of thiazole rings is 1. The smallest absolute Gasteiger partial charge is 0.418 e. The Morgan fingerprint density at radius 2 is 1.71 bits per heavy atom. The third kappa shape index (κ3) is 5.59. The third-order valence-electron chi connectivity index (χ3n) is 7.34. The first-order chi connectivity index (χ1) is 21.5. The lowest BCUT2D eigenvalue weighted by Gasteiger charge is -2.29. The molecule has 1 N–H and O–H groups in total. The lowest BCUT2D eigenvalue weighted by Crippen LogP contribution is -2.32. The highest BCUT2D eigenvalue weighted by atomic mass is 32.2. The van der Waals surface area contributed by atoms with Gasteiger partial charge in [0.1, 0.15) is 11.8 Å². The number of para-hydroxylation sites is 1. The number of fused-ring (bicyclic) bond motifs is 2. The molecule has 0 spiro atoms. The maximum Gasteiger partial charge on any atom is 0.418 e. The molecule has 0 unspecified atom stereocenters. The second-order valence-electron chi connectivity index (χ2n) is 10.1. The number of hydrogen-bond donors (Lipinski definition) is 1. The molecule has 3 atom stereocenters. The van der Waals surface area contributed by atoms with E-state index in [-0.39, 0.29) is 17.9 Å². The number of alkyl halides is 3. The van der Waals surface area contributed by atoms with Crippen LogP contribution in [0.5, 0.6) is 0 Å². The molecule has 6 rings (SSSR count). The highest BCUT2D eigenvalue weighted by Crippen LogP contribution is 2.54. The fraction of sp³-hybridized carbons (Fsp3) is 0.233. The summed E-state index contributed by atoms with van der Waals surface area (Å²) in [5.41, 5.74) is -0.956. The van der Waals surface area contributed by atoms with Gasteiger partial charge in [-0.05, 0) is 54.8 Å². The molecule has 3 amide bonds. The second kappa shape index (κ2) is 11.9. The van der Waals surface area contributed by atoms with Crippen LogP contribution in [0.25, 0.3) is 0 Å². The Kier molecular flexibility index (Phi) is 8.18. The molecule has 2 aliphatic heterocycles. The number of imide groups is 1. The lowest BCUT2D eigenvalue weighted by atomic mass is 9.87. The van der Waals surface area contributed by atoms with Gasteiger partial charge in [0.05, 0.1) is 40.1 Å². The number of rotatable bonds is 7. The number of benzene rings is 2. The van der Waals surface area contributed by atoms with Crippen LogP contribution >= 0.6 is 34.4 Å². The summed E-state index contributed by atoms with van der Waals surface area (Å²) in [5, 5.41) is 3.43. The zero-order valence-corrected chi connectivity index (χ0v) is 25.6. The third-order valence-corrected chi connectivity index (χ3v) is 10.9. The molecule has 2 aromatic carbocycles. The van der Waals surface area contributed by atoms with E-state index in [0.717, 1.165) is 49.6 Å². The molecular weight excluding hydrogens is 652 g/mol. The standard InChI is InChI=1S/C30H22F3N3O6S3/c1-2-42-28(40)15-9-11-16(12-10-15)36-25(38)22-21(19-8-5-13-43-19)24-27(44-23(22)26(36)39)35(29(41)45-24)14-20(37)34-18-7-4-3-6-17(18)30(31,32)33/h3-13,21-23H,2,14H2,1H3,(H,34,37)/t21-,22-,23+/m0/s1. The molecular formula is C30H22F3N3O6S3. The monoisotopic (exact) mass is 673 g/mol. The summed E-state index contributed by atoms with van der Waals surface area (Å²) in [6.07, 6.45) is -4.71. The molecule has 2 aliphatic rings. The van der Waals surface area contributed by atoms with Crippen LogP contribution in [0.4, 0.5) is 24.5 Å². The lowest BCUT2D eigenvalue weighted by molar-refractivity contribution is -0.137. The van der Waals surface area contributed by atoms with Crippen LogP contribution in [-0.2, 0) is 31.8 Å². The Bertz CT molecular complexity index is 1870. The normalized spacial score (nSPS) is 19.3. The van der Waals surface area contributed by atoms with Crippen LogP contribution in [0.3, 0.4) is 0 Å². The van der Waals surface area contributed by atoms with Crippen molar-refractivity contribution in [3.8, 4) is 0 Å². The fourth-order valence-corrected chi connectivity index (χ4v) is 9.14. The van der Waals surface area contributed by atoms with Gasteiger partial charge < -0.3 is 10.1 Å². The number of hydrogen-bond acceptors (Lipinski definition) is 9. The predicted molar refractivity (Wildman–Crippen MR) is 163 cm³/mol. The molecule has 1 fully saturated rings. The number of carbonyl (C=O) groups excluding carboxylic acids is 4. The van der Waals surface area contributed by atoms with Crippen molar-refractivity contribution in [2.45, 2.75) is 35.8 Å². The number of thioether (sulfide) groups is 1. The van der Waals surface area contributed by atoms with Gasteiger partial charge in [0, 0.05) is 15.7 Å². The molecule has 232 valence electrons. The van der Waals surface area contributed by atoms with Gasteiger partial charge in [-0.3, -0.25) is 23.7 Å². The van der Waals surface area contributed by atoms with E-state index < -0.39 is 69.6 Å². The zero-order chi connectivity index (χ0) is 32.0. The number of nitrogens with zero attached hydrogens (tertiary/aromatic N) is 2. The van der Waals surface area contributed by atoms with Gasteiger partial charge in [-0.1, -0.05) is 41.3 Å². The summed E-state index contributed by atoms with van der Waals surface area (Å²) in [4.78, 5) is 67.9. The minimum absolute atomic E-state index is 0.187. The van der Waals surface area contributed by atoms with Crippen molar-refractivity contribution in [2.24, 2.45) is 5.92 Å². The summed E-state index contributed by atoms with van der Waals surface area (Å²) in [5.74, 6) is -3.93. The molecule has 0 saturated carbocycles. The molecule has 45 heavy (non-hydrogen) atoms. The highest BCUT2D eigenvalue weighted by molar-refractivity contribution is 8.00. The molecule has 2 aromatic heterocycles. The van der Waals surface area contributed by atoms with Gasteiger partial charge in [-0.25, -0.2) is 9.69 Å². The highest BCUT2D eigenvalue weighted by Gasteiger charge is 2.57. The Morgan fingerprint density at radius 3 is 2.38 bits per heavy atom. The predicted octanol–water partition coefficient (Wildman–Crippen LogP) is 5.60. The number of nitrogens with one attached hydrogen (secondary N) is 1. The van der Waals surface area contributed by atoms with Gasteiger partial charge >= 0.3 is 17.0 Å². The van der Waals surface area contributed by atoms with Crippen molar-refractivity contribution >= 4 is 69.5 Å². The van der Waals surface area contributed by atoms with E-state index in [2.05, 4.69) is 5.32 Å². The summed E-state index contributed by atoms with van der Waals surface area (Å²) in [6.45, 7) is 1.26. The summed E-state index contributed by atoms with van der Waals surface area (Å²) < 4.78 is 46.6. The van der Waals surface area contributed by atoms with Crippen molar-refractivity contribution in [2.75, 3.05) is 16.8 Å². The maximum absolute atomic E-state index is 13.9. The number of anilines is 2. The minimum atomic E-state index is -4.71. The van der Waals surface area contributed by atoms with E-state index in [1.807, 2.05) is 5.38 Å². The number of esters is 1. The van der Waals surface area contributed by atoms with Crippen LogP contribution < -0.4 is 15.1 Å². The van der Waals surface area contributed by atoms with Gasteiger partial charge in [-0.2, -0.15) is 13.2 Å². The van der Waals surface area contributed by atoms with Gasteiger partial charge in [0.2, 0.25) is 17.7 Å². The molecule has 0 bridgehead atoms. The second-order valence-corrected chi connectivity index (χ2v) is 13.2. The minimum Gasteiger partial charge on any atom is -0.462 e. The van der Waals surface area contributed by atoms with Gasteiger partial charge in [0.15, 0.2) is 0 Å². The first kappa shape index (κ1) is 30.8. The molecule has 9 nitrogen and oxygen atoms in total. The van der Waals surface area contributed by atoms with E-state index in [4.69, 9.17) is 4.74 Å². The molecule has 0 aliphatic carbocycles. The number of thiophene rings is 1. The largest absolute Gasteiger partial charge is 0.462 e. The van der Waals surface area contributed by atoms with E-state index in [1.165, 1.54) is 47.7 Å². The molecule has 4 heterocycles. The molecule has 0 radical (unpaired) electrons. The first-order valence-corrected chi connectivity index (χ1v) is 16.1. The first-order valence-electron chi connectivity index (χ1n) is 13.5. The van der Waals surface area contributed by atoms with Crippen LogP contribution in [0, 0.1) is 5.92 Å². The van der Waals surface area contributed by atoms with E-state index in [1.54, 1.807) is 19.1 Å². The van der Waals surface area contributed by atoms with Crippen LogP contribution in [0.2, 0.25) is 0 Å². The van der Waals surface area contributed by atoms with Crippen LogP contribution in [-0.4, -0.2) is 40.1 Å². The van der Waals surface area contributed by atoms with E-state index in [0.29, 0.717) is 9.90 Å². The Labute approximate surface area is 265 Å². The van der Waals surface area contributed by atoms with Crippen molar-refractivity contribution in [1.29, 1.82) is 0 Å². The SMILES string of the molecule is CCOC(=O)c1ccc(N2C(=O)[C@H]3[C@H](c4cccs4)c4sc(=O)n(CC(=O)Nc5ccccc5C(F)(F)F)c4S[C@H]3C2=O)cc1. The van der Waals surface area contributed by atoms with Crippen LogP contribution in [0.15, 0.2) is 75.9 Å². The Balaban J connectivity index is 1.33.